The number of carbonyl (C=O) groups excluding carboxylic acids is 1. The first-order valence-corrected chi connectivity index (χ1v) is 11.6. The van der Waals surface area contributed by atoms with E-state index in [-0.39, 0.29) is 6.54 Å². The highest BCUT2D eigenvalue weighted by Gasteiger charge is 2.28. The second-order valence-corrected chi connectivity index (χ2v) is 9.61. The maximum Gasteiger partial charge on any atom is 0.420 e. The van der Waals surface area contributed by atoms with Gasteiger partial charge in [0.25, 0.3) is 0 Å². The Hall–Kier alpha value is -3.45. The molecule has 3 N–H and O–H groups in total. The van der Waals surface area contributed by atoms with E-state index in [1.54, 1.807) is 19.9 Å². The first-order valence-electron chi connectivity index (χ1n) is 11.6. The average molecular weight is 479 g/mol. The number of primary amides is 1. The Kier molecular flexibility index (Phi) is 7.08. The van der Waals surface area contributed by atoms with Gasteiger partial charge in [-0.1, -0.05) is 30.3 Å². The number of aromatic nitrogens is 1. The number of fused-ring (bicyclic) bond motifs is 1. The molecular formula is C26H30N4O5. The van der Waals surface area contributed by atoms with Crippen molar-refractivity contribution in [2.75, 3.05) is 19.7 Å². The van der Waals surface area contributed by atoms with Gasteiger partial charge in [-0.2, -0.15) is 5.26 Å². The van der Waals surface area contributed by atoms with Gasteiger partial charge in [0.15, 0.2) is 5.58 Å². The van der Waals surface area contributed by atoms with E-state index in [1.807, 2.05) is 41.3 Å². The van der Waals surface area contributed by atoms with Crippen molar-refractivity contribution in [2.45, 2.75) is 51.0 Å². The summed E-state index contributed by atoms with van der Waals surface area (Å²) in [4.78, 5) is 25.9. The van der Waals surface area contributed by atoms with Gasteiger partial charge in [-0.25, -0.2) is 4.79 Å². The zero-order chi connectivity index (χ0) is 25.2. The lowest BCUT2D eigenvalue weighted by Gasteiger charge is -2.27. The molecule has 0 radical (unpaired) electrons. The number of carbonyl (C=O) groups is 1. The lowest BCUT2D eigenvalue weighted by atomic mass is 10.00. The summed E-state index contributed by atoms with van der Waals surface area (Å²) in [5.74, 6) is -1.02. The number of ether oxygens (including phenoxy) is 1. The Bertz CT molecular complexity index is 1300. The molecule has 1 saturated heterocycles. The van der Waals surface area contributed by atoms with E-state index in [4.69, 9.17) is 14.9 Å². The van der Waals surface area contributed by atoms with Crippen LogP contribution in [0.15, 0.2) is 51.7 Å². The van der Waals surface area contributed by atoms with Crippen molar-refractivity contribution in [2.24, 2.45) is 5.73 Å². The smallest absolute Gasteiger partial charge is 0.408 e. The van der Waals surface area contributed by atoms with Crippen LogP contribution in [0.1, 0.15) is 25.8 Å². The van der Waals surface area contributed by atoms with Crippen molar-refractivity contribution < 1.29 is 19.1 Å². The zero-order valence-corrected chi connectivity index (χ0v) is 19.9. The Balaban J connectivity index is 1.53. The molecule has 4 rings (SSSR count). The highest BCUT2D eigenvalue weighted by Crippen LogP contribution is 2.26. The van der Waals surface area contributed by atoms with Crippen molar-refractivity contribution in [1.82, 2.24) is 9.47 Å². The monoisotopic (exact) mass is 478 g/mol. The van der Waals surface area contributed by atoms with Crippen LogP contribution in [0.4, 0.5) is 0 Å². The number of benzene rings is 2. The number of nitriles is 1. The van der Waals surface area contributed by atoms with Crippen molar-refractivity contribution >= 4 is 17.0 Å². The number of rotatable bonds is 7. The van der Waals surface area contributed by atoms with Crippen LogP contribution < -0.4 is 11.5 Å². The van der Waals surface area contributed by atoms with Crippen LogP contribution >= 0.6 is 0 Å². The minimum Gasteiger partial charge on any atom is -0.408 e. The molecule has 35 heavy (non-hydrogen) atoms. The Morgan fingerprint density at radius 2 is 1.97 bits per heavy atom. The standard InChI is InChI=1S/C26H30N4O5/c1-26(2,33)16-30-21-13-19(8-9-22(21)35-25(30)32)18-6-4-17(5-7-18)12-20(14-27)29-10-3-11-34-23(15-29)24(28)31/h4-9,13,20,23,33H,3,10-12,15-16H2,1-2H3,(H2,28,31)/t20-,23-/m0/s1. The van der Waals surface area contributed by atoms with Crippen LogP contribution in [0.3, 0.4) is 0 Å². The van der Waals surface area contributed by atoms with E-state index in [0.29, 0.717) is 37.2 Å². The number of hydrogen-bond acceptors (Lipinski definition) is 7. The van der Waals surface area contributed by atoms with Gasteiger partial charge in [-0.15, -0.1) is 0 Å². The second-order valence-electron chi connectivity index (χ2n) is 9.61. The quantitative estimate of drug-likeness (QED) is 0.531. The summed E-state index contributed by atoms with van der Waals surface area (Å²) >= 11 is 0. The van der Waals surface area contributed by atoms with Gasteiger partial charge in [0.1, 0.15) is 12.1 Å². The van der Waals surface area contributed by atoms with Crippen LogP contribution in [-0.4, -0.2) is 57.9 Å². The summed E-state index contributed by atoms with van der Waals surface area (Å²) in [7, 11) is 0. The SMILES string of the molecule is CC(C)(O)Cn1c(=O)oc2ccc(-c3ccc(C[C@@H](C#N)N4CCCO[C@H](C(N)=O)C4)cc3)cc21. The van der Waals surface area contributed by atoms with Crippen LogP contribution in [0, 0.1) is 11.3 Å². The molecule has 0 unspecified atom stereocenters. The molecule has 184 valence electrons. The maximum absolute atomic E-state index is 12.3. The fourth-order valence-corrected chi connectivity index (χ4v) is 4.40. The number of nitrogens with two attached hydrogens (primary N) is 1. The summed E-state index contributed by atoms with van der Waals surface area (Å²) in [5.41, 5.74) is 8.29. The third kappa shape index (κ3) is 5.80. The van der Waals surface area contributed by atoms with E-state index >= 15 is 0 Å². The van der Waals surface area contributed by atoms with Gasteiger partial charge in [0, 0.05) is 26.1 Å². The van der Waals surface area contributed by atoms with Gasteiger partial charge in [0.2, 0.25) is 5.91 Å². The summed E-state index contributed by atoms with van der Waals surface area (Å²) in [6, 6.07) is 15.4. The van der Waals surface area contributed by atoms with Crippen LogP contribution in [-0.2, 0) is 22.5 Å². The third-order valence-corrected chi connectivity index (χ3v) is 6.14. The largest absolute Gasteiger partial charge is 0.420 e. The third-order valence-electron chi connectivity index (χ3n) is 6.14. The normalized spacial score (nSPS) is 18.2. The molecule has 0 aliphatic carbocycles. The van der Waals surface area contributed by atoms with Gasteiger partial charge < -0.3 is 20.0 Å². The molecule has 9 nitrogen and oxygen atoms in total. The summed E-state index contributed by atoms with van der Waals surface area (Å²) in [5, 5.41) is 20.0. The highest BCUT2D eigenvalue weighted by atomic mass is 16.5. The first-order chi connectivity index (χ1) is 16.6. The average Bonchev–Trinajstić information content (AvgIpc) is 2.98. The molecule has 2 aromatic carbocycles. The predicted octanol–water partition coefficient (Wildman–Crippen LogP) is 2.04. The van der Waals surface area contributed by atoms with Crippen molar-refractivity contribution in [3.63, 3.8) is 0 Å². The van der Waals surface area contributed by atoms with Gasteiger partial charge in [0.05, 0.1) is 23.7 Å². The van der Waals surface area contributed by atoms with Crippen molar-refractivity contribution in [1.29, 1.82) is 5.26 Å². The second kappa shape index (κ2) is 10.0. The number of hydrogen-bond donors (Lipinski definition) is 2. The molecule has 0 saturated carbocycles. The van der Waals surface area contributed by atoms with Crippen molar-refractivity contribution in [3.8, 4) is 17.2 Å². The highest BCUT2D eigenvalue weighted by molar-refractivity contribution is 5.81. The molecule has 2 heterocycles. The Morgan fingerprint density at radius 1 is 1.26 bits per heavy atom. The van der Waals surface area contributed by atoms with Gasteiger partial charge in [-0.3, -0.25) is 14.3 Å². The molecule has 3 aromatic rings. The van der Waals surface area contributed by atoms with Gasteiger partial charge in [-0.05, 0) is 49.1 Å². The zero-order valence-electron chi connectivity index (χ0n) is 19.9. The summed E-state index contributed by atoms with van der Waals surface area (Å²) in [6.07, 6.45) is 0.534. The van der Waals surface area contributed by atoms with Crippen LogP contribution in [0.25, 0.3) is 22.2 Å². The summed E-state index contributed by atoms with van der Waals surface area (Å²) < 4.78 is 12.3. The van der Waals surface area contributed by atoms with Crippen LogP contribution in [0.5, 0.6) is 0 Å². The maximum atomic E-state index is 12.3. The lowest BCUT2D eigenvalue weighted by molar-refractivity contribution is -0.129. The van der Waals surface area contributed by atoms with Crippen molar-refractivity contribution in [3.05, 3.63) is 58.6 Å². The van der Waals surface area contributed by atoms with E-state index in [2.05, 4.69) is 6.07 Å². The first kappa shape index (κ1) is 24.7. The molecule has 1 fully saturated rings. The minimum atomic E-state index is -1.06. The van der Waals surface area contributed by atoms with E-state index in [0.717, 1.165) is 23.1 Å². The lowest BCUT2D eigenvalue weighted by Crippen LogP contribution is -2.44. The van der Waals surface area contributed by atoms with E-state index in [9.17, 15) is 20.0 Å². The molecule has 1 aliphatic rings. The fourth-order valence-electron chi connectivity index (χ4n) is 4.40. The van der Waals surface area contributed by atoms with Gasteiger partial charge >= 0.3 is 5.76 Å². The fraction of sp³-hybridized carbons (Fsp3) is 0.423. The predicted molar refractivity (Wildman–Crippen MR) is 130 cm³/mol. The number of oxazole rings is 1. The molecule has 0 spiro atoms. The number of nitrogens with zero attached hydrogens (tertiary/aromatic N) is 3. The van der Waals surface area contributed by atoms with Crippen LogP contribution in [0.2, 0.25) is 0 Å². The molecule has 9 heteroatoms. The Morgan fingerprint density at radius 3 is 2.63 bits per heavy atom. The molecule has 1 amide bonds. The number of aliphatic hydroxyl groups is 1. The topological polar surface area (TPSA) is 135 Å². The molecule has 2 atom stereocenters. The molecule has 0 bridgehead atoms. The van der Waals surface area contributed by atoms with E-state index < -0.39 is 29.4 Å². The van der Waals surface area contributed by atoms with E-state index in [1.165, 1.54) is 4.57 Å². The summed E-state index contributed by atoms with van der Waals surface area (Å²) in [6.45, 7) is 4.82. The number of amides is 1. The molecule has 1 aliphatic heterocycles. The Labute approximate surface area is 203 Å². The minimum absolute atomic E-state index is 0.120. The molecular weight excluding hydrogens is 448 g/mol. The molecule has 1 aromatic heterocycles.